The molecule has 100 valence electrons. The molecule has 5 heteroatoms. The number of anilines is 1. The molecule has 0 bridgehead atoms. The first-order valence-electron chi connectivity index (χ1n) is 5.57. The summed E-state index contributed by atoms with van der Waals surface area (Å²) in [6.07, 6.45) is -4.39. The summed E-state index contributed by atoms with van der Waals surface area (Å²) in [5.74, 6) is 0.528. The van der Waals surface area contributed by atoms with Crippen LogP contribution in [0.15, 0.2) is 42.5 Å². The highest BCUT2D eigenvalue weighted by Gasteiger charge is 2.32. The monoisotopic (exact) mass is 267 g/mol. The smallest absolute Gasteiger partial charge is 0.416 e. The number of hydrogen-bond acceptors (Lipinski definition) is 2. The molecule has 2 N–H and O–H groups in total. The minimum atomic E-state index is -4.39. The third-order valence-corrected chi connectivity index (χ3v) is 2.61. The Bertz CT molecular complexity index is 593. The molecule has 0 spiro atoms. The molecule has 0 aliphatic heterocycles. The predicted octanol–water partition coefficient (Wildman–Crippen LogP) is 4.39. The molecule has 0 atom stereocenters. The second-order valence-corrected chi connectivity index (χ2v) is 4.15. The largest absolute Gasteiger partial charge is 0.457 e. The van der Waals surface area contributed by atoms with Gasteiger partial charge in [-0.15, -0.1) is 0 Å². The van der Waals surface area contributed by atoms with Gasteiger partial charge in [-0.1, -0.05) is 12.1 Å². The van der Waals surface area contributed by atoms with E-state index in [4.69, 9.17) is 10.5 Å². The minimum absolute atomic E-state index is 0.128. The molecule has 2 nitrogen and oxygen atoms in total. The first kappa shape index (κ1) is 13.3. The Hall–Kier alpha value is -2.17. The fraction of sp³-hybridized carbons (Fsp3) is 0.143. The molecule has 0 saturated carbocycles. The lowest BCUT2D eigenvalue weighted by Crippen LogP contribution is -2.07. The highest BCUT2D eigenvalue weighted by atomic mass is 19.4. The average molecular weight is 267 g/mol. The van der Waals surface area contributed by atoms with Crippen molar-refractivity contribution in [1.29, 1.82) is 0 Å². The summed E-state index contributed by atoms with van der Waals surface area (Å²) < 4.78 is 43.6. The summed E-state index contributed by atoms with van der Waals surface area (Å²) in [5.41, 5.74) is 5.52. The van der Waals surface area contributed by atoms with Crippen LogP contribution in [0.25, 0.3) is 0 Å². The van der Waals surface area contributed by atoms with Crippen LogP contribution in [0.3, 0.4) is 0 Å². The van der Waals surface area contributed by atoms with Crippen LogP contribution in [-0.2, 0) is 6.18 Å². The Morgan fingerprint density at radius 1 is 1.00 bits per heavy atom. The summed E-state index contributed by atoms with van der Waals surface area (Å²) in [7, 11) is 0. The van der Waals surface area contributed by atoms with E-state index in [0.29, 0.717) is 11.4 Å². The van der Waals surface area contributed by atoms with Gasteiger partial charge in [-0.2, -0.15) is 13.2 Å². The van der Waals surface area contributed by atoms with E-state index < -0.39 is 11.7 Å². The highest BCUT2D eigenvalue weighted by molar-refractivity contribution is 5.46. The Kier molecular flexibility index (Phi) is 3.38. The number of hydrogen-bond donors (Lipinski definition) is 1. The van der Waals surface area contributed by atoms with E-state index in [0.717, 1.165) is 6.07 Å². The second-order valence-electron chi connectivity index (χ2n) is 4.15. The molecule has 0 aromatic heterocycles. The van der Waals surface area contributed by atoms with Crippen LogP contribution in [0.5, 0.6) is 11.5 Å². The molecular formula is C14H12F3NO. The van der Waals surface area contributed by atoms with Gasteiger partial charge in [-0.05, 0) is 36.8 Å². The van der Waals surface area contributed by atoms with E-state index in [9.17, 15) is 13.2 Å². The summed E-state index contributed by atoms with van der Waals surface area (Å²) in [4.78, 5) is 0. The highest BCUT2D eigenvalue weighted by Crippen LogP contribution is 2.35. The lowest BCUT2D eigenvalue weighted by molar-refractivity contribution is -0.138. The van der Waals surface area contributed by atoms with Crippen molar-refractivity contribution < 1.29 is 17.9 Å². The fourth-order valence-electron chi connectivity index (χ4n) is 1.68. The van der Waals surface area contributed by atoms with Crippen LogP contribution >= 0.6 is 0 Å². The normalized spacial score (nSPS) is 11.4. The zero-order valence-corrected chi connectivity index (χ0v) is 10.2. The molecule has 0 fully saturated rings. The van der Waals surface area contributed by atoms with Gasteiger partial charge >= 0.3 is 6.18 Å². The molecule has 2 aromatic carbocycles. The van der Waals surface area contributed by atoms with Crippen LogP contribution in [0.1, 0.15) is 11.1 Å². The number of halogens is 3. The van der Waals surface area contributed by atoms with Gasteiger partial charge in [-0.3, -0.25) is 0 Å². The van der Waals surface area contributed by atoms with Gasteiger partial charge in [0.2, 0.25) is 0 Å². The van der Waals surface area contributed by atoms with Crippen molar-refractivity contribution in [2.45, 2.75) is 13.1 Å². The molecule has 0 saturated heterocycles. The van der Waals surface area contributed by atoms with E-state index >= 15 is 0 Å². The fourth-order valence-corrected chi connectivity index (χ4v) is 1.68. The van der Waals surface area contributed by atoms with E-state index in [1.165, 1.54) is 19.1 Å². The second kappa shape index (κ2) is 4.84. The Morgan fingerprint density at radius 2 is 1.68 bits per heavy atom. The van der Waals surface area contributed by atoms with Crippen LogP contribution < -0.4 is 10.5 Å². The zero-order chi connectivity index (χ0) is 14.0. The zero-order valence-electron chi connectivity index (χ0n) is 10.2. The Morgan fingerprint density at radius 3 is 2.32 bits per heavy atom. The van der Waals surface area contributed by atoms with Crippen molar-refractivity contribution in [3.8, 4) is 11.5 Å². The molecule has 2 rings (SSSR count). The first-order valence-corrected chi connectivity index (χ1v) is 5.57. The number of aryl methyl sites for hydroxylation is 1. The molecular weight excluding hydrogens is 255 g/mol. The molecule has 0 unspecified atom stereocenters. The quantitative estimate of drug-likeness (QED) is 0.819. The first-order chi connectivity index (χ1) is 8.86. The molecule has 2 aromatic rings. The summed E-state index contributed by atoms with van der Waals surface area (Å²) >= 11 is 0. The summed E-state index contributed by atoms with van der Waals surface area (Å²) in [6, 6.07) is 10.4. The molecule has 0 aliphatic rings. The SMILES string of the molecule is Cc1ccc(Oc2cccc(N)c2)cc1C(F)(F)F. The maximum Gasteiger partial charge on any atom is 0.416 e. The van der Waals surface area contributed by atoms with Crippen molar-refractivity contribution in [3.63, 3.8) is 0 Å². The van der Waals surface area contributed by atoms with Gasteiger partial charge in [0.1, 0.15) is 11.5 Å². The molecule has 0 amide bonds. The maximum atomic E-state index is 12.8. The predicted molar refractivity (Wildman–Crippen MR) is 67.1 cm³/mol. The number of nitrogens with two attached hydrogens (primary N) is 1. The van der Waals surface area contributed by atoms with Gasteiger partial charge in [0, 0.05) is 11.8 Å². The number of benzene rings is 2. The van der Waals surface area contributed by atoms with Crippen molar-refractivity contribution >= 4 is 5.69 Å². The Balaban J connectivity index is 2.32. The summed E-state index contributed by atoms with van der Waals surface area (Å²) in [5, 5.41) is 0. The molecule has 0 heterocycles. The lowest BCUT2D eigenvalue weighted by Gasteiger charge is -2.13. The van der Waals surface area contributed by atoms with Crippen LogP contribution in [0.2, 0.25) is 0 Å². The van der Waals surface area contributed by atoms with Gasteiger partial charge in [0.15, 0.2) is 0 Å². The van der Waals surface area contributed by atoms with Crippen LogP contribution in [0, 0.1) is 6.92 Å². The van der Waals surface area contributed by atoms with E-state index in [2.05, 4.69) is 0 Å². The van der Waals surface area contributed by atoms with Gasteiger partial charge in [-0.25, -0.2) is 0 Å². The molecule has 0 radical (unpaired) electrons. The molecule has 0 aliphatic carbocycles. The van der Waals surface area contributed by atoms with Crippen molar-refractivity contribution in [2.24, 2.45) is 0 Å². The third kappa shape index (κ3) is 3.19. The van der Waals surface area contributed by atoms with E-state index in [1.54, 1.807) is 24.3 Å². The van der Waals surface area contributed by atoms with Crippen molar-refractivity contribution in [1.82, 2.24) is 0 Å². The standard InChI is InChI=1S/C14H12F3NO/c1-9-5-6-12(8-13(9)14(15,16)17)19-11-4-2-3-10(18)7-11/h2-8H,18H2,1H3. The average Bonchev–Trinajstić information content (AvgIpc) is 2.30. The Labute approximate surface area is 108 Å². The van der Waals surface area contributed by atoms with Crippen molar-refractivity contribution in [2.75, 3.05) is 5.73 Å². The van der Waals surface area contributed by atoms with Gasteiger partial charge in [0.05, 0.1) is 5.56 Å². The van der Waals surface area contributed by atoms with Crippen LogP contribution in [-0.4, -0.2) is 0 Å². The van der Waals surface area contributed by atoms with Crippen LogP contribution in [0.4, 0.5) is 18.9 Å². The van der Waals surface area contributed by atoms with E-state index in [1.807, 2.05) is 0 Å². The number of ether oxygens (including phenoxy) is 1. The number of rotatable bonds is 2. The lowest BCUT2D eigenvalue weighted by atomic mass is 10.1. The number of nitrogen functional groups attached to an aromatic ring is 1. The molecule has 19 heavy (non-hydrogen) atoms. The number of alkyl halides is 3. The third-order valence-electron chi connectivity index (χ3n) is 2.61. The van der Waals surface area contributed by atoms with Gasteiger partial charge < -0.3 is 10.5 Å². The van der Waals surface area contributed by atoms with Crippen molar-refractivity contribution in [3.05, 3.63) is 53.6 Å². The topological polar surface area (TPSA) is 35.2 Å². The maximum absolute atomic E-state index is 12.8. The van der Waals surface area contributed by atoms with E-state index in [-0.39, 0.29) is 11.3 Å². The van der Waals surface area contributed by atoms with Gasteiger partial charge in [0.25, 0.3) is 0 Å². The minimum Gasteiger partial charge on any atom is -0.457 e. The summed E-state index contributed by atoms with van der Waals surface area (Å²) in [6.45, 7) is 1.41.